The van der Waals surface area contributed by atoms with Gasteiger partial charge < -0.3 is 14.8 Å². The summed E-state index contributed by atoms with van der Waals surface area (Å²) in [6.45, 7) is 1.57. The Hall–Kier alpha value is -1.10. The zero-order valence-electron chi connectivity index (χ0n) is 8.12. The molecule has 1 amide bonds. The molecule has 1 unspecified atom stereocenters. The molecule has 0 fully saturated rings. The number of carbonyl (C=O) groups is 2. The minimum absolute atomic E-state index is 0.0852. The van der Waals surface area contributed by atoms with Gasteiger partial charge in [-0.1, -0.05) is 0 Å². The Morgan fingerprint density at radius 3 is 2.54 bits per heavy atom. The summed E-state index contributed by atoms with van der Waals surface area (Å²) < 4.78 is 9.40. The molecule has 0 aliphatic rings. The molecule has 1 atom stereocenters. The summed E-state index contributed by atoms with van der Waals surface area (Å²) in [7, 11) is 2.94. The summed E-state index contributed by atoms with van der Waals surface area (Å²) in [5.41, 5.74) is 0. The third-order valence-electron chi connectivity index (χ3n) is 1.35. The lowest BCUT2D eigenvalue weighted by Gasteiger charge is -2.11. The van der Waals surface area contributed by atoms with E-state index in [2.05, 4.69) is 10.1 Å². The van der Waals surface area contributed by atoms with E-state index in [4.69, 9.17) is 4.74 Å². The van der Waals surface area contributed by atoms with Crippen LogP contribution in [-0.2, 0) is 19.1 Å². The summed E-state index contributed by atoms with van der Waals surface area (Å²) in [6, 6.07) is 0. The molecule has 5 nitrogen and oxygen atoms in total. The molecule has 1 N–H and O–H groups in total. The van der Waals surface area contributed by atoms with Gasteiger partial charge in [0.05, 0.1) is 6.42 Å². The van der Waals surface area contributed by atoms with E-state index in [-0.39, 0.29) is 18.9 Å². The number of hydrogen-bond acceptors (Lipinski definition) is 4. The van der Waals surface area contributed by atoms with E-state index in [0.717, 1.165) is 0 Å². The van der Waals surface area contributed by atoms with Gasteiger partial charge in [0, 0.05) is 14.2 Å². The molecule has 0 heterocycles. The number of carbonyl (C=O) groups excluding carboxylic acids is 2. The highest BCUT2D eigenvalue weighted by molar-refractivity contribution is 5.77. The Morgan fingerprint density at radius 2 is 2.08 bits per heavy atom. The second kappa shape index (κ2) is 6.42. The summed E-state index contributed by atoms with van der Waals surface area (Å²) in [4.78, 5) is 21.7. The van der Waals surface area contributed by atoms with Crippen LogP contribution in [0.5, 0.6) is 0 Å². The second-order valence-electron chi connectivity index (χ2n) is 2.61. The van der Waals surface area contributed by atoms with E-state index in [9.17, 15) is 9.59 Å². The van der Waals surface area contributed by atoms with Crippen molar-refractivity contribution in [2.45, 2.75) is 19.4 Å². The Balaban J connectivity index is 3.67. The number of rotatable bonds is 5. The molecule has 0 saturated carbocycles. The van der Waals surface area contributed by atoms with Gasteiger partial charge in [-0.2, -0.15) is 0 Å². The largest absolute Gasteiger partial charge is 0.460 e. The summed E-state index contributed by atoms with van der Waals surface area (Å²) >= 11 is 0. The van der Waals surface area contributed by atoms with Crippen molar-refractivity contribution < 1.29 is 19.1 Å². The fraction of sp³-hybridized carbons (Fsp3) is 0.750. The predicted octanol–water partition coefficient (Wildman–Crippen LogP) is -0.299. The molecule has 0 saturated heterocycles. The Kier molecular flexibility index (Phi) is 5.88. The van der Waals surface area contributed by atoms with Crippen LogP contribution in [0, 0.1) is 0 Å². The normalized spacial score (nSPS) is 11.9. The van der Waals surface area contributed by atoms with Gasteiger partial charge in [-0.15, -0.1) is 0 Å². The zero-order chi connectivity index (χ0) is 10.3. The van der Waals surface area contributed by atoms with Crippen molar-refractivity contribution >= 4 is 11.9 Å². The Bertz CT molecular complexity index is 181. The summed E-state index contributed by atoms with van der Waals surface area (Å²) in [5.74, 6) is -0.614. The molecule has 0 bridgehead atoms. The average molecular weight is 189 g/mol. The number of nitrogens with one attached hydrogen (secondary N) is 1. The lowest BCUT2D eigenvalue weighted by Crippen LogP contribution is -2.26. The molecule has 0 aromatic carbocycles. The molecule has 0 aromatic rings. The van der Waals surface area contributed by atoms with Crippen molar-refractivity contribution in [3.63, 3.8) is 0 Å². The van der Waals surface area contributed by atoms with Crippen LogP contribution >= 0.6 is 0 Å². The van der Waals surface area contributed by atoms with Crippen molar-refractivity contribution in [1.29, 1.82) is 0 Å². The quantitative estimate of drug-likeness (QED) is 0.603. The maximum absolute atomic E-state index is 10.8. The molecule has 0 spiro atoms. The maximum atomic E-state index is 10.8. The summed E-state index contributed by atoms with van der Waals surface area (Å²) in [6.07, 6.45) is -0.242. The number of amides is 1. The van der Waals surface area contributed by atoms with Gasteiger partial charge in [0.25, 0.3) is 0 Å². The second-order valence-corrected chi connectivity index (χ2v) is 2.61. The molecule has 76 valence electrons. The fourth-order valence-electron chi connectivity index (χ4n) is 0.781. The molecule has 13 heavy (non-hydrogen) atoms. The Labute approximate surface area is 77.4 Å². The highest BCUT2D eigenvalue weighted by atomic mass is 16.6. The first-order chi connectivity index (χ1) is 6.10. The van der Waals surface area contributed by atoms with E-state index < -0.39 is 12.1 Å². The van der Waals surface area contributed by atoms with Crippen LogP contribution in [0.25, 0.3) is 0 Å². The van der Waals surface area contributed by atoms with Gasteiger partial charge in [0.15, 0.2) is 0 Å². The molecule has 5 heteroatoms. The highest BCUT2D eigenvalue weighted by Gasteiger charge is 2.12. The third kappa shape index (κ3) is 6.10. The van der Waals surface area contributed by atoms with Crippen molar-refractivity contribution in [2.75, 3.05) is 20.8 Å². The fourth-order valence-corrected chi connectivity index (χ4v) is 0.781. The van der Waals surface area contributed by atoms with Crippen LogP contribution in [0.3, 0.4) is 0 Å². The summed E-state index contributed by atoms with van der Waals surface area (Å²) in [5, 5.41) is 2.44. The van der Waals surface area contributed by atoms with Gasteiger partial charge in [-0.05, 0) is 6.92 Å². The van der Waals surface area contributed by atoms with E-state index in [1.807, 2.05) is 0 Å². The smallest absolute Gasteiger partial charge is 0.332 e. The van der Waals surface area contributed by atoms with Crippen LogP contribution < -0.4 is 5.32 Å². The lowest BCUT2D eigenvalue weighted by atomic mass is 10.3. The third-order valence-corrected chi connectivity index (χ3v) is 1.35. The molecule has 0 rings (SSSR count). The van der Waals surface area contributed by atoms with Crippen LogP contribution in [0.15, 0.2) is 0 Å². The number of esters is 1. The van der Waals surface area contributed by atoms with Crippen molar-refractivity contribution in [2.24, 2.45) is 0 Å². The topological polar surface area (TPSA) is 64.6 Å². The first-order valence-corrected chi connectivity index (χ1v) is 3.99. The molecule has 0 aliphatic heterocycles. The van der Waals surface area contributed by atoms with E-state index in [1.54, 1.807) is 6.92 Å². The first kappa shape index (κ1) is 11.9. The molecular weight excluding hydrogens is 174 g/mol. The van der Waals surface area contributed by atoms with Crippen LogP contribution in [0.1, 0.15) is 13.3 Å². The predicted molar refractivity (Wildman–Crippen MR) is 46.1 cm³/mol. The maximum Gasteiger partial charge on any atom is 0.332 e. The Morgan fingerprint density at radius 1 is 1.46 bits per heavy atom. The van der Waals surface area contributed by atoms with Crippen molar-refractivity contribution in [1.82, 2.24) is 5.32 Å². The first-order valence-electron chi connectivity index (χ1n) is 3.99. The van der Waals surface area contributed by atoms with E-state index >= 15 is 0 Å². The standard InChI is InChI=1S/C8H15NO4/c1-6(4-7(10)9-2)13-8(11)5-12-3/h6H,4-5H2,1-3H3,(H,9,10). The minimum atomic E-state index is -0.459. The zero-order valence-corrected chi connectivity index (χ0v) is 8.12. The number of ether oxygens (including phenoxy) is 2. The van der Waals surface area contributed by atoms with E-state index in [0.29, 0.717) is 0 Å². The number of methoxy groups -OCH3 is 1. The highest BCUT2D eigenvalue weighted by Crippen LogP contribution is 1.97. The van der Waals surface area contributed by atoms with Crippen molar-refractivity contribution in [3.8, 4) is 0 Å². The van der Waals surface area contributed by atoms with Crippen LogP contribution in [0.2, 0.25) is 0 Å². The van der Waals surface area contributed by atoms with Gasteiger partial charge >= 0.3 is 5.97 Å². The van der Waals surface area contributed by atoms with Crippen molar-refractivity contribution in [3.05, 3.63) is 0 Å². The average Bonchev–Trinajstić information content (AvgIpc) is 2.04. The van der Waals surface area contributed by atoms with Gasteiger partial charge in [-0.25, -0.2) is 4.79 Å². The van der Waals surface area contributed by atoms with Crippen LogP contribution in [-0.4, -0.2) is 38.7 Å². The molecule has 0 radical (unpaired) electrons. The van der Waals surface area contributed by atoms with Gasteiger partial charge in [0.1, 0.15) is 12.7 Å². The monoisotopic (exact) mass is 189 g/mol. The number of hydrogen-bond donors (Lipinski definition) is 1. The SMILES string of the molecule is CNC(=O)CC(C)OC(=O)COC. The minimum Gasteiger partial charge on any atom is -0.460 e. The lowest BCUT2D eigenvalue weighted by molar-refractivity contribution is -0.153. The molecule has 0 aliphatic carbocycles. The molecular formula is C8H15NO4. The molecule has 0 aromatic heterocycles. The van der Waals surface area contributed by atoms with Gasteiger partial charge in [0.2, 0.25) is 5.91 Å². The van der Waals surface area contributed by atoms with Crippen LogP contribution in [0.4, 0.5) is 0 Å². The van der Waals surface area contributed by atoms with Gasteiger partial charge in [-0.3, -0.25) is 4.79 Å². The van der Waals surface area contributed by atoms with E-state index in [1.165, 1.54) is 14.2 Å².